The van der Waals surface area contributed by atoms with Crippen LogP contribution in [-0.4, -0.2) is 39.4 Å². The second kappa shape index (κ2) is 6.03. The van der Waals surface area contributed by atoms with Crippen LogP contribution >= 0.6 is 0 Å². The van der Waals surface area contributed by atoms with Crippen LogP contribution in [0.25, 0.3) is 0 Å². The lowest BCUT2D eigenvalue weighted by atomic mass is 10.1. The van der Waals surface area contributed by atoms with Gasteiger partial charge >= 0.3 is 0 Å². The van der Waals surface area contributed by atoms with Crippen molar-refractivity contribution in [3.63, 3.8) is 0 Å². The summed E-state index contributed by atoms with van der Waals surface area (Å²) < 4.78 is 26.6. The summed E-state index contributed by atoms with van der Waals surface area (Å²) in [6, 6.07) is 5.32. The largest absolute Gasteiger partial charge is 0.347 e. The number of sulfonamides is 1. The SMILES string of the molecule is Cc1cc(S(=O)(=O)NC(C)C(=O)N(C)C)ccc1C#N. The van der Waals surface area contributed by atoms with Gasteiger partial charge in [0.2, 0.25) is 15.9 Å². The Hall–Kier alpha value is -1.91. The number of nitrogens with zero attached hydrogens (tertiary/aromatic N) is 2. The number of likely N-dealkylation sites (N-methyl/N-ethyl adjacent to an activating group) is 1. The first-order valence-electron chi connectivity index (χ1n) is 5.93. The number of rotatable bonds is 4. The third kappa shape index (κ3) is 3.56. The first kappa shape index (κ1) is 16.1. The number of aryl methyl sites for hydroxylation is 1. The summed E-state index contributed by atoms with van der Waals surface area (Å²) in [5, 5.41) is 8.83. The highest BCUT2D eigenvalue weighted by Crippen LogP contribution is 2.15. The third-order valence-corrected chi connectivity index (χ3v) is 4.31. The zero-order valence-corrected chi connectivity index (χ0v) is 12.7. The van der Waals surface area contributed by atoms with Gasteiger partial charge < -0.3 is 4.90 Å². The van der Waals surface area contributed by atoms with Crippen molar-refractivity contribution in [3.8, 4) is 6.07 Å². The van der Waals surface area contributed by atoms with Crippen LogP contribution in [0.3, 0.4) is 0 Å². The Bertz CT molecular complexity index is 660. The highest BCUT2D eigenvalue weighted by atomic mass is 32.2. The molecule has 0 aliphatic rings. The van der Waals surface area contributed by atoms with Gasteiger partial charge in [-0.05, 0) is 37.6 Å². The summed E-state index contributed by atoms with van der Waals surface area (Å²) in [7, 11) is -0.683. The van der Waals surface area contributed by atoms with Gasteiger partial charge in [-0.2, -0.15) is 9.98 Å². The number of nitriles is 1. The molecule has 0 fully saturated rings. The van der Waals surface area contributed by atoms with Gasteiger partial charge in [-0.15, -0.1) is 0 Å². The molecule has 1 aromatic rings. The first-order chi connectivity index (χ1) is 9.19. The van der Waals surface area contributed by atoms with Crippen molar-refractivity contribution in [2.45, 2.75) is 24.8 Å². The Morgan fingerprint density at radius 2 is 2.00 bits per heavy atom. The number of hydrogen-bond donors (Lipinski definition) is 1. The fourth-order valence-corrected chi connectivity index (χ4v) is 2.95. The zero-order chi connectivity index (χ0) is 15.5. The zero-order valence-electron chi connectivity index (χ0n) is 11.8. The Kier molecular flexibility index (Phi) is 4.87. The van der Waals surface area contributed by atoms with Crippen LogP contribution in [0.1, 0.15) is 18.1 Å². The van der Waals surface area contributed by atoms with E-state index in [2.05, 4.69) is 4.72 Å². The van der Waals surface area contributed by atoms with Crippen molar-refractivity contribution in [2.24, 2.45) is 0 Å². The molecular formula is C13H17N3O3S. The molecule has 1 atom stereocenters. The number of hydrogen-bond acceptors (Lipinski definition) is 4. The van der Waals surface area contributed by atoms with Crippen LogP contribution in [0, 0.1) is 18.3 Å². The molecule has 108 valence electrons. The molecule has 1 amide bonds. The minimum Gasteiger partial charge on any atom is -0.347 e. The van der Waals surface area contributed by atoms with Crippen LogP contribution in [0.5, 0.6) is 0 Å². The fraction of sp³-hybridized carbons (Fsp3) is 0.385. The predicted molar refractivity (Wildman–Crippen MR) is 74.4 cm³/mol. The minimum absolute atomic E-state index is 0.0346. The number of amides is 1. The molecule has 0 heterocycles. The third-order valence-electron chi connectivity index (χ3n) is 2.77. The van der Waals surface area contributed by atoms with Crippen molar-refractivity contribution in [1.82, 2.24) is 9.62 Å². The summed E-state index contributed by atoms with van der Waals surface area (Å²) in [6.45, 7) is 3.14. The normalized spacial score (nSPS) is 12.6. The van der Waals surface area contributed by atoms with Crippen molar-refractivity contribution < 1.29 is 13.2 Å². The van der Waals surface area contributed by atoms with E-state index in [0.717, 1.165) is 0 Å². The predicted octanol–water partition coefficient (Wildman–Crippen LogP) is 0.622. The van der Waals surface area contributed by atoms with Gasteiger partial charge in [0, 0.05) is 14.1 Å². The molecule has 1 aromatic carbocycles. The van der Waals surface area contributed by atoms with E-state index in [9.17, 15) is 13.2 Å². The first-order valence-corrected chi connectivity index (χ1v) is 7.41. The second-order valence-electron chi connectivity index (χ2n) is 4.66. The van der Waals surface area contributed by atoms with E-state index < -0.39 is 16.1 Å². The van der Waals surface area contributed by atoms with Crippen molar-refractivity contribution in [3.05, 3.63) is 29.3 Å². The molecule has 6 nitrogen and oxygen atoms in total. The summed E-state index contributed by atoms with van der Waals surface area (Å²) >= 11 is 0. The molecule has 0 saturated heterocycles. The number of nitrogens with one attached hydrogen (secondary N) is 1. The van der Waals surface area contributed by atoms with Crippen molar-refractivity contribution in [1.29, 1.82) is 5.26 Å². The van der Waals surface area contributed by atoms with Gasteiger partial charge in [0.25, 0.3) is 0 Å². The number of carbonyl (C=O) groups excluding carboxylic acids is 1. The highest BCUT2D eigenvalue weighted by Gasteiger charge is 2.23. The van der Waals surface area contributed by atoms with E-state index in [1.54, 1.807) is 21.0 Å². The Balaban J connectivity index is 3.04. The van der Waals surface area contributed by atoms with Crippen molar-refractivity contribution in [2.75, 3.05) is 14.1 Å². The maximum Gasteiger partial charge on any atom is 0.241 e. The molecule has 0 saturated carbocycles. The van der Waals surface area contributed by atoms with Crippen LogP contribution in [-0.2, 0) is 14.8 Å². The summed E-state index contributed by atoms with van der Waals surface area (Å²) in [5.41, 5.74) is 0.989. The van der Waals surface area contributed by atoms with Crippen LogP contribution in [0.4, 0.5) is 0 Å². The molecule has 1 N–H and O–H groups in total. The second-order valence-corrected chi connectivity index (χ2v) is 6.38. The molecule has 0 aliphatic carbocycles. The van der Waals surface area contributed by atoms with E-state index in [1.165, 1.54) is 30.0 Å². The van der Waals surface area contributed by atoms with E-state index >= 15 is 0 Å². The van der Waals surface area contributed by atoms with E-state index in [1.807, 2.05) is 6.07 Å². The van der Waals surface area contributed by atoms with Gasteiger partial charge in [-0.3, -0.25) is 4.79 Å². The standard InChI is InChI=1S/C13H17N3O3S/c1-9-7-12(6-5-11(9)8-14)20(18,19)15-10(2)13(17)16(3)4/h5-7,10,15H,1-4H3. The lowest BCUT2D eigenvalue weighted by Crippen LogP contribution is -2.44. The Morgan fingerprint density at radius 3 is 2.45 bits per heavy atom. The van der Waals surface area contributed by atoms with E-state index in [-0.39, 0.29) is 10.8 Å². The average molecular weight is 295 g/mol. The molecule has 7 heteroatoms. The van der Waals surface area contributed by atoms with Gasteiger partial charge in [0.15, 0.2) is 0 Å². The van der Waals surface area contributed by atoms with Crippen LogP contribution in [0.2, 0.25) is 0 Å². The maximum absolute atomic E-state index is 12.2. The molecule has 0 radical (unpaired) electrons. The fourth-order valence-electron chi connectivity index (χ4n) is 1.67. The quantitative estimate of drug-likeness (QED) is 0.881. The van der Waals surface area contributed by atoms with Crippen LogP contribution in [0.15, 0.2) is 23.1 Å². The van der Waals surface area contributed by atoms with Gasteiger partial charge in [0.1, 0.15) is 0 Å². The maximum atomic E-state index is 12.2. The summed E-state index contributed by atoms with van der Waals surface area (Å²) in [6.07, 6.45) is 0. The van der Waals surface area contributed by atoms with E-state index in [0.29, 0.717) is 11.1 Å². The van der Waals surface area contributed by atoms with Crippen molar-refractivity contribution >= 4 is 15.9 Å². The molecule has 0 aliphatic heterocycles. The van der Waals surface area contributed by atoms with Gasteiger partial charge in [0.05, 0.1) is 22.6 Å². The van der Waals surface area contributed by atoms with E-state index in [4.69, 9.17) is 5.26 Å². The molecule has 20 heavy (non-hydrogen) atoms. The number of carbonyl (C=O) groups is 1. The molecule has 1 rings (SSSR count). The lowest BCUT2D eigenvalue weighted by Gasteiger charge is -2.18. The summed E-state index contributed by atoms with van der Waals surface area (Å²) in [5.74, 6) is -0.334. The molecule has 0 aromatic heterocycles. The van der Waals surface area contributed by atoms with Crippen LogP contribution < -0.4 is 4.72 Å². The van der Waals surface area contributed by atoms with Gasteiger partial charge in [-0.25, -0.2) is 8.42 Å². The average Bonchev–Trinajstić information content (AvgIpc) is 2.36. The Labute approximate surface area is 119 Å². The monoisotopic (exact) mass is 295 g/mol. The molecule has 0 bridgehead atoms. The molecule has 0 spiro atoms. The topological polar surface area (TPSA) is 90.3 Å². The lowest BCUT2D eigenvalue weighted by molar-refractivity contribution is -0.130. The van der Waals surface area contributed by atoms with Gasteiger partial charge in [-0.1, -0.05) is 0 Å². The highest BCUT2D eigenvalue weighted by molar-refractivity contribution is 7.89. The minimum atomic E-state index is -3.79. The Morgan fingerprint density at radius 1 is 1.40 bits per heavy atom. The molecule has 1 unspecified atom stereocenters. The summed E-state index contributed by atoms with van der Waals surface area (Å²) in [4.78, 5) is 13.0. The molecular weight excluding hydrogens is 278 g/mol. The smallest absolute Gasteiger partial charge is 0.241 e. The number of benzene rings is 1.